The van der Waals surface area contributed by atoms with Gasteiger partial charge in [0.2, 0.25) is 0 Å². The molecule has 3 saturated carbocycles. The molecule has 0 saturated heterocycles. The van der Waals surface area contributed by atoms with Crippen molar-refractivity contribution in [1.29, 1.82) is 5.26 Å². The summed E-state index contributed by atoms with van der Waals surface area (Å²) in [6.07, 6.45) is 23.9. The molecule has 0 atom stereocenters. The molecular weight excluding hydrogens is 406 g/mol. The Balaban J connectivity index is 1.33. The lowest BCUT2D eigenvalue weighted by molar-refractivity contribution is -0.158. The highest BCUT2D eigenvalue weighted by Gasteiger charge is 2.38. The topological polar surface area (TPSA) is 50.1 Å². The van der Waals surface area contributed by atoms with Crippen LogP contribution in [0.4, 0.5) is 0 Å². The summed E-state index contributed by atoms with van der Waals surface area (Å²) in [6, 6.07) is 2.65. The summed E-state index contributed by atoms with van der Waals surface area (Å²) in [6.45, 7) is 4.55. The molecule has 0 aliphatic heterocycles. The van der Waals surface area contributed by atoms with Gasteiger partial charge in [0.05, 0.1) is 17.4 Å². The first-order chi connectivity index (χ1) is 16.1. The van der Waals surface area contributed by atoms with Crippen molar-refractivity contribution in [2.45, 2.75) is 148 Å². The third-order valence-electron chi connectivity index (χ3n) is 9.53. The first-order valence-electron chi connectivity index (χ1n) is 14.7. The molecule has 3 fully saturated rings. The van der Waals surface area contributed by atoms with E-state index in [1.165, 1.54) is 83.5 Å². The molecule has 0 N–H and O–H groups in total. The Hall–Kier alpha value is -1.04. The Morgan fingerprint density at radius 2 is 1.42 bits per heavy atom. The van der Waals surface area contributed by atoms with E-state index in [4.69, 9.17) is 4.74 Å². The van der Waals surface area contributed by atoms with Gasteiger partial charge in [-0.3, -0.25) is 4.79 Å². The molecule has 0 radical (unpaired) electrons. The van der Waals surface area contributed by atoms with Gasteiger partial charge in [-0.05, 0) is 88.4 Å². The van der Waals surface area contributed by atoms with Crippen LogP contribution in [-0.4, -0.2) is 12.1 Å². The van der Waals surface area contributed by atoms with E-state index >= 15 is 0 Å². The van der Waals surface area contributed by atoms with E-state index in [9.17, 15) is 10.1 Å². The molecule has 0 aromatic heterocycles. The van der Waals surface area contributed by atoms with Crippen molar-refractivity contribution in [3.05, 3.63) is 0 Å². The lowest BCUT2D eigenvalue weighted by Gasteiger charge is -2.38. The number of hydrogen-bond donors (Lipinski definition) is 0. The van der Waals surface area contributed by atoms with Gasteiger partial charge in [-0.25, -0.2) is 0 Å². The maximum absolute atomic E-state index is 12.9. The number of hydrogen-bond acceptors (Lipinski definition) is 3. The largest absolute Gasteiger partial charge is 0.462 e. The predicted octanol–water partition coefficient (Wildman–Crippen LogP) is 8.76. The molecule has 3 heteroatoms. The Morgan fingerprint density at radius 3 is 2.00 bits per heavy atom. The van der Waals surface area contributed by atoms with Crippen molar-refractivity contribution in [1.82, 2.24) is 0 Å². The Morgan fingerprint density at radius 1 is 0.818 bits per heavy atom. The fourth-order valence-electron chi connectivity index (χ4n) is 7.19. The van der Waals surface area contributed by atoms with E-state index in [1.54, 1.807) is 0 Å². The van der Waals surface area contributed by atoms with E-state index in [0.717, 1.165) is 62.7 Å². The fraction of sp³-hybridized carbons (Fsp3) is 0.933. The number of carbonyl (C=O) groups excluding carboxylic acids is 1. The van der Waals surface area contributed by atoms with Gasteiger partial charge < -0.3 is 4.74 Å². The van der Waals surface area contributed by atoms with Crippen LogP contribution in [0.2, 0.25) is 0 Å². The third kappa shape index (κ3) is 8.00. The highest BCUT2D eigenvalue weighted by atomic mass is 16.5. The highest BCUT2D eigenvalue weighted by molar-refractivity contribution is 5.72. The summed E-state index contributed by atoms with van der Waals surface area (Å²) in [5.74, 6) is 2.93. The molecule has 0 spiro atoms. The van der Waals surface area contributed by atoms with Gasteiger partial charge >= 0.3 is 5.97 Å². The SMILES string of the molecule is CCCCCCCC1(C#N)CCC(OC(=O)C2CCC(C3CCC(CCC)CC3)CC2)CC1. The predicted molar refractivity (Wildman–Crippen MR) is 136 cm³/mol. The standard InChI is InChI=1S/C30H51NO2/c1-3-5-6-7-8-20-30(23-31)21-18-28(19-22-30)33-29(32)27-16-14-26(15-17-27)25-12-10-24(9-4-2)11-13-25/h24-28H,3-22H2,1-2H3. The van der Waals surface area contributed by atoms with Crippen molar-refractivity contribution in [2.24, 2.45) is 29.1 Å². The number of esters is 1. The minimum Gasteiger partial charge on any atom is -0.462 e. The monoisotopic (exact) mass is 457 g/mol. The lowest BCUT2D eigenvalue weighted by atomic mass is 9.68. The van der Waals surface area contributed by atoms with Gasteiger partial charge in [0, 0.05) is 0 Å². The number of nitrogens with zero attached hydrogens (tertiary/aromatic N) is 1. The fourth-order valence-corrected chi connectivity index (χ4v) is 7.19. The molecule has 3 nitrogen and oxygen atoms in total. The van der Waals surface area contributed by atoms with Gasteiger partial charge in [-0.15, -0.1) is 0 Å². The van der Waals surface area contributed by atoms with Crippen molar-refractivity contribution >= 4 is 5.97 Å². The van der Waals surface area contributed by atoms with Crippen LogP contribution in [0, 0.1) is 40.4 Å². The van der Waals surface area contributed by atoms with E-state index in [2.05, 4.69) is 19.9 Å². The molecule has 33 heavy (non-hydrogen) atoms. The van der Waals surface area contributed by atoms with Crippen LogP contribution in [-0.2, 0) is 9.53 Å². The molecule has 0 aromatic rings. The molecule has 0 unspecified atom stereocenters. The summed E-state index contributed by atoms with van der Waals surface area (Å²) in [5.41, 5.74) is -0.163. The summed E-state index contributed by atoms with van der Waals surface area (Å²) >= 11 is 0. The van der Waals surface area contributed by atoms with Crippen molar-refractivity contribution < 1.29 is 9.53 Å². The summed E-state index contributed by atoms with van der Waals surface area (Å²) < 4.78 is 6.00. The first-order valence-corrected chi connectivity index (χ1v) is 14.7. The number of ether oxygens (including phenoxy) is 1. The van der Waals surface area contributed by atoms with Crippen molar-refractivity contribution in [3.63, 3.8) is 0 Å². The summed E-state index contributed by atoms with van der Waals surface area (Å²) in [4.78, 5) is 12.9. The second kappa shape index (κ2) is 13.7. The zero-order valence-electron chi connectivity index (χ0n) is 21.8. The average Bonchev–Trinajstić information content (AvgIpc) is 2.86. The molecule has 188 valence electrons. The number of unbranched alkanes of at least 4 members (excludes halogenated alkanes) is 4. The molecule has 3 aliphatic carbocycles. The lowest BCUT2D eigenvalue weighted by Crippen LogP contribution is -2.34. The second-order valence-electron chi connectivity index (χ2n) is 11.9. The molecule has 3 aliphatic rings. The van der Waals surface area contributed by atoms with Crippen LogP contribution in [0.5, 0.6) is 0 Å². The van der Waals surface area contributed by atoms with Crippen LogP contribution >= 0.6 is 0 Å². The van der Waals surface area contributed by atoms with Gasteiger partial charge in [0.15, 0.2) is 0 Å². The molecule has 0 bridgehead atoms. The molecule has 3 rings (SSSR count). The summed E-state index contributed by atoms with van der Waals surface area (Å²) in [5, 5.41) is 9.83. The van der Waals surface area contributed by atoms with Crippen LogP contribution < -0.4 is 0 Å². The van der Waals surface area contributed by atoms with E-state index in [0.29, 0.717) is 0 Å². The van der Waals surface area contributed by atoms with Gasteiger partial charge in [-0.1, -0.05) is 71.6 Å². The minimum atomic E-state index is -0.163. The third-order valence-corrected chi connectivity index (χ3v) is 9.53. The second-order valence-corrected chi connectivity index (χ2v) is 11.9. The van der Waals surface area contributed by atoms with Crippen molar-refractivity contribution in [3.8, 4) is 6.07 Å². The van der Waals surface area contributed by atoms with Crippen LogP contribution in [0.1, 0.15) is 142 Å². The Kier molecular flexibility index (Phi) is 11.1. The van der Waals surface area contributed by atoms with Crippen LogP contribution in [0.25, 0.3) is 0 Å². The molecule has 0 aromatic carbocycles. The zero-order valence-corrected chi connectivity index (χ0v) is 21.8. The average molecular weight is 458 g/mol. The number of carbonyl (C=O) groups is 1. The molecule has 0 heterocycles. The Labute approximate surface area is 204 Å². The van der Waals surface area contributed by atoms with Gasteiger partial charge in [-0.2, -0.15) is 5.26 Å². The minimum absolute atomic E-state index is 0.0469. The van der Waals surface area contributed by atoms with Crippen LogP contribution in [0.15, 0.2) is 0 Å². The van der Waals surface area contributed by atoms with Gasteiger partial charge in [0.1, 0.15) is 6.10 Å². The van der Waals surface area contributed by atoms with Gasteiger partial charge in [0.25, 0.3) is 0 Å². The van der Waals surface area contributed by atoms with Crippen LogP contribution in [0.3, 0.4) is 0 Å². The smallest absolute Gasteiger partial charge is 0.309 e. The number of rotatable bonds is 11. The normalized spacial score (nSPS) is 35.0. The highest BCUT2D eigenvalue weighted by Crippen LogP contribution is 2.44. The maximum atomic E-state index is 12.9. The quantitative estimate of drug-likeness (QED) is 0.230. The first kappa shape index (κ1) is 26.6. The molecule has 0 amide bonds. The van der Waals surface area contributed by atoms with E-state index in [1.807, 2.05) is 0 Å². The maximum Gasteiger partial charge on any atom is 0.309 e. The number of nitriles is 1. The Bertz CT molecular complexity index is 599. The van der Waals surface area contributed by atoms with E-state index < -0.39 is 0 Å². The van der Waals surface area contributed by atoms with Crippen molar-refractivity contribution in [2.75, 3.05) is 0 Å². The summed E-state index contributed by atoms with van der Waals surface area (Å²) in [7, 11) is 0. The van der Waals surface area contributed by atoms with E-state index in [-0.39, 0.29) is 23.4 Å². The molecular formula is C30H51NO2. The zero-order chi connectivity index (χ0) is 23.5.